The molecule has 0 aliphatic heterocycles. The zero-order valence-corrected chi connectivity index (χ0v) is 11.9. The minimum Gasteiger partial charge on any atom is -0.320 e. The fourth-order valence-corrected chi connectivity index (χ4v) is 2.04. The summed E-state index contributed by atoms with van der Waals surface area (Å²) in [5.41, 5.74) is 0. The molecule has 0 saturated heterocycles. The van der Waals surface area contributed by atoms with Gasteiger partial charge in [-0.25, -0.2) is 0 Å². The van der Waals surface area contributed by atoms with Crippen LogP contribution in [0.25, 0.3) is 0 Å². The molecule has 0 amide bonds. The molecule has 3 heteroatoms. The topological polar surface area (TPSA) is 18.5 Å². The van der Waals surface area contributed by atoms with Gasteiger partial charge < -0.3 is 15.1 Å². The van der Waals surface area contributed by atoms with E-state index in [1.807, 2.05) is 7.05 Å². The van der Waals surface area contributed by atoms with Gasteiger partial charge in [-0.3, -0.25) is 0 Å². The molecule has 0 radical (unpaired) electrons. The highest BCUT2D eigenvalue weighted by Crippen LogP contribution is 2.06. The smallest absolute Gasteiger partial charge is 0.00672 e. The average molecular weight is 229 g/mol. The Hall–Kier alpha value is -0.120. The highest BCUT2D eigenvalue weighted by atomic mass is 15.1. The summed E-state index contributed by atoms with van der Waals surface area (Å²) >= 11 is 0. The molecule has 0 aromatic heterocycles. The van der Waals surface area contributed by atoms with Gasteiger partial charge in [-0.15, -0.1) is 0 Å². The minimum absolute atomic E-state index is 0.723. The van der Waals surface area contributed by atoms with Gasteiger partial charge in [-0.05, 0) is 73.5 Å². The molecule has 0 aromatic rings. The molecule has 0 fully saturated rings. The summed E-state index contributed by atoms with van der Waals surface area (Å²) in [7, 11) is 6.32. The maximum Gasteiger partial charge on any atom is 0.00672 e. The first-order valence-electron chi connectivity index (χ1n) is 6.65. The highest BCUT2D eigenvalue weighted by Gasteiger charge is 2.10. The van der Waals surface area contributed by atoms with Crippen molar-refractivity contribution in [1.29, 1.82) is 0 Å². The third-order valence-corrected chi connectivity index (χ3v) is 3.13. The number of hydrogen-bond acceptors (Lipinski definition) is 3. The molecule has 98 valence electrons. The van der Waals surface area contributed by atoms with Gasteiger partial charge in [0.2, 0.25) is 0 Å². The van der Waals surface area contributed by atoms with Gasteiger partial charge in [0.25, 0.3) is 0 Å². The lowest BCUT2D eigenvalue weighted by Crippen LogP contribution is -2.35. The van der Waals surface area contributed by atoms with Crippen LogP contribution in [0.5, 0.6) is 0 Å². The van der Waals surface area contributed by atoms with Crippen LogP contribution in [0.2, 0.25) is 0 Å². The van der Waals surface area contributed by atoms with Gasteiger partial charge in [-0.1, -0.05) is 6.92 Å². The number of nitrogens with one attached hydrogen (secondary N) is 1. The minimum atomic E-state index is 0.723. The van der Waals surface area contributed by atoms with E-state index in [9.17, 15) is 0 Å². The third kappa shape index (κ3) is 8.08. The van der Waals surface area contributed by atoms with Gasteiger partial charge in [-0.2, -0.15) is 0 Å². The van der Waals surface area contributed by atoms with Crippen molar-refractivity contribution in [3.63, 3.8) is 0 Å². The Bertz CT molecular complexity index is 148. The maximum atomic E-state index is 3.21. The molecule has 0 saturated carbocycles. The molecular weight excluding hydrogens is 198 g/mol. The summed E-state index contributed by atoms with van der Waals surface area (Å²) in [5.74, 6) is 0. The normalized spacial score (nSPS) is 13.7. The van der Waals surface area contributed by atoms with Gasteiger partial charge in [0, 0.05) is 6.04 Å². The fraction of sp³-hybridized carbons (Fsp3) is 1.00. The second-order valence-corrected chi connectivity index (χ2v) is 4.88. The maximum absolute atomic E-state index is 3.21. The summed E-state index contributed by atoms with van der Waals surface area (Å²) < 4.78 is 0. The van der Waals surface area contributed by atoms with Crippen molar-refractivity contribution >= 4 is 0 Å². The summed E-state index contributed by atoms with van der Waals surface area (Å²) in [4.78, 5) is 4.86. The molecule has 1 unspecified atom stereocenters. The molecule has 0 bridgehead atoms. The predicted molar refractivity (Wildman–Crippen MR) is 73.0 cm³/mol. The largest absolute Gasteiger partial charge is 0.320 e. The predicted octanol–water partition coefficient (Wildman–Crippen LogP) is 1.65. The van der Waals surface area contributed by atoms with Crippen molar-refractivity contribution in [3.05, 3.63) is 0 Å². The molecule has 0 rings (SSSR count). The lowest BCUT2D eigenvalue weighted by molar-refractivity contribution is 0.197. The second kappa shape index (κ2) is 10.1. The molecule has 0 aliphatic rings. The molecule has 1 N–H and O–H groups in total. The first-order valence-corrected chi connectivity index (χ1v) is 6.65. The standard InChI is InChI=1S/C13H31N3/c1-6-16(12-8-11-15(4)5)13(2)9-7-10-14-3/h13-14H,6-12H2,1-5H3. The van der Waals surface area contributed by atoms with E-state index in [2.05, 4.69) is 43.1 Å². The van der Waals surface area contributed by atoms with Crippen LogP contribution in [0.4, 0.5) is 0 Å². The molecule has 3 nitrogen and oxygen atoms in total. The van der Waals surface area contributed by atoms with Crippen LogP contribution in [0.3, 0.4) is 0 Å². The zero-order valence-electron chi connectivity index (χ0n) is 11.9. The van der Waals surface area contributed by atoms with Gasteiger partial charge in [0.15, 0.2) is 0 Å². The molecule has 0 spiro atoms. The van der Waals surface area contributed by atoms with Crippen LogP contribution < -0.4 is 5.32 Å². The van der Waals surface area contributed by atoms with Gasteiger partial charge in [0.05, 0.1) is 0 Å². The average Bonchev–Trinajstić information content (AvgIpc) is 2.24. The fourth-order valence-electron chi connectivity index (χ4n) is 2.04. The Morgan fingerprint density at radius 2 is 1.81 bits per heavy atom. The van der Waals surface area contributed by atoms with Crippen LogP contribution in [0.15, 0.2) is 0 Å². The molecule has 0 aromatic carbocycles. The summed E-state index contributed by atoms with van der Waals surface area (Å²) in [5, 5.41) is 3.21. The first kappa shape index (κ1) is 15.9. The van der Waals surface area contributed by atoms with Crippen LogP contribution in [-0.4, -0.2) is 63.2 Å². The second-order valence-electron chi connectivity index (χ2n) is 4.88. The van der Waals surface area contributed by atoms with Crippen molar-refractivity contribution < 1.29 is 0 Å². The van der Waals surface area contributed by atoms with Gasteiger partial charge in [0.1, 0.15) is 0 Å². The molecule has 16 heavy (non-hydrogen) atoms. The summed E-state index contributed by atoms with van der Waals surface area (Å²) in [6.45, 7) is 9.36. The van der Waals surface area contributed by atoms with E-state index in [1.165, 1.54) is 38.9 Å². The molecule has 0 aliphatic carbocycles. The first-order chi connectivity index (χ1) is 7.61. The van der Waals surface area contributed by atoms with Crippen LogP contribution in [0.1, 0.15) is 33.1 Å². The van der Waals surface area contributed by atoms with Crippen molar-refractivity contribution in [2.75, 3.05) is 47.3 Å². The SMILES string of the molecule is CCN(CCCN(C)C)C(C)CCCNC. The van der Waals surface area contributed by atoms with Crippen LogP contribution in [0, 0.1) is 0 Å². The van der Waals surface area contributed by atoms with E-state index in [0.717, 1.165) is 12.6 Å². The third-order valence-electron chi connectivity index (χ3n) is 3.13. The van der Waals surface area contributed by atoms with Crippen LogP contribution in [-0.2, 0) is 0 Å². The quantitative estimate of drug-likeness (QED) is 0.575. The summed E-state index contributed by atoms with van der Waals surface area (Å²) in [6, 6.07) is 0.723. The van der Waals surface area contributed by atoms with Crippen molar-refractivity contribution in [2.45, 2.75) is 39.2 Å². The Morgan fingerprint density at radius 3 is 2.31 bits per heavy atom. The van der Waals surface area contributed by atoms with Crippen LogP contribution >= 0.6 is 0 Å². The van der Waals surface area contributed by atoms with E-state index >= 15 is 0 Å². The molecule has 1 atom stereocenters. The van der Waals surface area contributed by atoms with E-state index in [0.29, 0.717) is 0 Å². The lowest BCUT2D eigenvalue weighted by atomic mass is 10.1. The lowest BCUT2D eigenvalue weighted by Gasteiger charge is -2.28. The zero-order chi connectivity index (χ0) is 12.4. The number of hydrogen-bond donors (Lipinski definition) is 1. The monoisotopic (exact) mass is 229 g/mol. The van der Waals surface area contributed by atoms with Crippen molar-refractivity contribution in [1.82, 2.24) is 15.1 Å². The number of rotatable bonds is 10. The van der Waals surface area contributed by atoms with Crippen molar-refractivity contribution in [2.24, 2.45) is 0 Å². The van der Waals surface area contributed by atoms with E-state index in [4.69, 9.17) is 0 Å². The Labute approximate surface area is 102 Å². The number of nitrogens with zero attached hydrogens (tertiary/aromatic N) is 2. The molecular formula is C13H31N3. The molecule has 0 heterocycles. The summed E-state index contributed by atoms with van der Waals surface area (Å²) in [6.07, 6.45) is 3.86. The van der Waals surface area contributed by atoms with Gasteiger partial charge >= 0.3 is 0 Å². The van der Waals surface area contributed by atoms with Crippen molar-refractivity contribution in [3.8, 4) is 0 Å². The Morgan fingerprint density at radius 1 is 1.12 bits per heavy atom. The Balaban J connectivity index is 3.69. The highest BCUT2D eigenvalue weighted by molar-refractivity contribution is 4.67. The van der Waals surface area contributed by atoms with E-state index in [1.54, 1.807) is 0 Å². The van der Waals surface area contributed by atoms with E-state index in [-0.39, 0.29) is 0 Å². The Kier molecular flexibility index (Phi) is 9.99. The van der Waals surface area contributed by atoms with E-state index < -0.39 is 0 Å².